The van der Waals surface area contributed by atoms with Gasteiger partial charge in [0.2, 0.25) is 5.91 Å². The van der Waals surface area contributed by atoms with Crippen LogP contribution in [0, 0.1) is 0 Å². The van der Waals surface area contributed by atoms with Gasteiger partial charge in [0, 0.05) is 26.2 Å². The number of rotatable bonds is 9. The van der Waals surface area contributed by atoms with Crippen molar-refractivity contribution in [1.29, 1.82) is 0 Å². The molecule has 5 heteroatoms. The van der Waals surface area contributed by atoms with Crippen LogP contribution in [0.15, 0.2) is 30.3 Å². The van der Waals surface area contributed by atoms with Crippen LogP contribution in [0.4, 0.5) is 0 Å². The summed E-state index contributed by atoms with van der Waals surface area (Å²) in [4.78, 5) is 16.1. The molecule has 5 nitrogen and oxygen atoms in total. The van der Waals surface area contributed by atoms with E-state index >= 15 is 0 Å². The lowest BCUT2D eigenvalue weighted by Crippen LogP contribution is -2.38. The fourth-order valence-corrected chi connectivity index (χ4v) is 1.75. The van der Waals surface area contributed by atoms with Crippen molar-refractivity contribution in [2.45, 2.75) is 6.54 Å². The number of benzene rings is 1. The molecule has 1 rings (SSSR count). The van der Waals surface area contributed by atoms with Crippen LogP contribution in [-0.4, -0.2) is 62.7 Å². The highest BCUT2D eigenvalue weighted by Crippen LogP contribution is 2.05. The third-order valence-electron chi connectivity index (χ3n) is 2.87. The van der Waals surface area contributed by atoms with Crippen molar-refractivity contribution in [3.05, 3.63) is 35.9 Å². The summed E-state index contributed by atoms with van der Waals surface area (Å²) in [6.07, 6.45) is 0. The molecule has 0 saturated heterocycles. The van der Waals surface area contributed by atoms with Gasteiger partial charge in [-0.15, -0.1) is 0 Å². The summed E-state index contributed by atoms with van der Waals surface area (Å²) >= 11 is 0. The van der Waals surface area contributed by atoms with Crippen molar-refractivity contribution >= 4 is 5.91 Å². The van der Waals surface area contributed by atoms with Gasteiger partial charge in [0.25, 0.3) is 0 Å². The van der Waals surface area contributed by atoms with E-state index in [1.54, 1.807) is 0 Å². The van der Waals surface area contributed by atoms with E-state index in [-0.39, 0.29) is 12.5 Å². The first-order chi connectivity index (χ1) is 9.63. The topological polar surface area (TPSA) is 58.8 Å². The second-order valence-corrected chi connectivity index (χ2v) is 4.95. The van der Waals surface area contributed by atoms with Crippen LogP contribution in [0.5, 0.6) is 0 Å². The number of nitrogens with two attached hydrogens (primary N) is 1. The van der Waals surface area contributed by atoms with E-state index < -0.39 is 0 Å². The normalized spacial score (nSPS) is 10.8. The quantitative estimate of drug-likeness (QED) is 0.671. The minimum absolute atomic E-state index is 0.00385. The standard InChI is InChI=1S/C15H25N3O2/c1-17(2)9-10-18(15(19)13-20-11-8-16)12-14-6-4-3-5-7-14/h3-7H,8-13,16H2,1-2H3. The van der Waals surface area contributed by atoms with Crippen LogP contribution in [0.3, 0.4) is 0 Å². The first-order valence-corrected chi connectivity index (χ1v) is 6.87. The van der Waals surface area contributed by atoms with E-state index in [2.05, 4.69) is 4.90 Å². The zero-order valence-electron chi connectivity index (χ0n) is 12.4. The molecular formula is C15H25N3O2. The molecule has 0 atom stereocenters. The molecule has 0 aliphatic heterocycles. The van der Waals surface area contributed by atoms with Gasteiger partial charge in [-0.05, 0) is 19.7 Å². The van der Waals surface area contributed by atoms with Gasteiger partial charge in [0.1, 0.15) is 6.61 Å². The number of hydrogen-bond acceptors (Lipinski definition) is 4. The number of amides is 1. The largest absolute Gasteiger partial charge is 0.370 e. The Morgan fingerprint density at radius 3 is 2.50 bits per heavy atom. The Balaban J connectivity index is 2.57. The van der Waals surface area contributed by atoms with Crippen LogP contribution < -0.4 is 5.73 Å². The van der Waals surface area contributed by atoms with E-state index in [1.165, 1.54) is 0 Å². The fraction of sp³-hybridized carbons (Fsp3) is 0.533. The lowest BCUT2D eigenvalue weighted by molar-refractivity contribution is -0.136. The fourth-order valence-electron chi connectivity index (χ4n) is 1.75. The highest BCUT2D eigenvalue weighted by molar-refractivity contribution is 5.77. The summed E-state index contributed by atoms with van der Waals surface area (Å²) in [5.74, 6) is 0.00385. The Morgan fingerprint density at radius 2 is 1.90 bits per heavy atom. The first kappa shape index (κ1) is 16.6. The van der Waals surface area contributed by atoms with Crippen molar-refractivity contribution in [3.8, 4) is 0 Å². The van der Waals surface area contributed by atoms with E-state index in [4.69, 9.17) is 10.5 Å². The molecular weight excluding hydrogens is 254 g/mol. The Morgan fingerprint density at radius 1 is 1.20 bits per heavy atom. The van der Waals surface area contributed by atoms with Gasteiger partial charge in [-0.25, -0.2) is 0 Å². The summed E-state index contributed by atoms with van der Waals surface area (Å²) in [7, 11) is 3.99. The summed E-state index contributed by atoms with van der Waals surface area (Å²) in [6.45, 7) is 3.07. The van der Waals surface area contributed by atoms with E-state index in [0.29, 0.717) is 26.2 Å². The Labute approximate surface area is 121 Å². The SMILES string of the molecule is CN(C)CCN(Cc1ccccc1)C(=O)COCCN. The summed E-state index contributed by atoms with van der Waals surface area (Å²) < 4.78 is 5.24. The van der Waals surface area contributed by atoms with Crippen LogP contribution in [-0.2, 0) is 16.1 Å². The Kier molecular flexibility index (Phi) is 7.87. The van der Waals surface area contributed by atoms with Gasteiger partial charge in [0.15, 0.2) is 0 Å². The van der Waals surface area contributed by atoms with Crippen LogP contribution in [0.2, 0.25) is 0 Å². The lowest BCUT2D eigenvalue weighted by Gasteiger charge is -2.24. The van der Waals surface area contributed by atoms with Gasteiger partial charge in [0.05, 0.1) is 6.61 Å². The summed E-state index contributed by atoms with van der Waals surface area (Å²) in [5.41, 5.74) is 6.48. The molecule has 0 spiro atoms. The van der Waals surface area contributed by atoms with E-state index in [1.807, 2.05) is 49.3 Å². The monoisotopic (exact) mass is 279 g/mol. The number of carbonyl (C=O) groups excluding carboxylic acids is 1. The molecule has 0 aromatic heterocycles. The first-order valence-electron chi connectivity index (χ1n) is 6.87. The molecule has 0 aliphatic carbocycles. The van der Waals surface area contributed by atoms with Crippen molar-refractivity contribution in [3.63, 3.8) is 0 Å². The lowest BCUT2D eigenvalue weighted by atomic mass is 10.2. The number of nitrogens with zero attached hydrogens (tertiary/aromatic N) is 2. The van der Waals surface area contributed by atoms with Gasteiger partial charge < -0.3 is 20.3 Å². The van der Waals surface area contributed by atoms with Crippen molar-refractivity contribution in [2.24, 2.45) is 5.73 Å². The second kappa shape index (κ2) is 9.47. The van der Waals surface area contributed by atoms with Gasteiger partial charge in [-0.1, -0.05) is 30.3 Å². The van der Waals surface area contributed by atoms with Crippen LogP contribution in [0.25, 0.3) is 0 Å². The second-order valence-electron chi connectivity index (χ2n) is 4.95. The molecule has 1 amide bonds. The van der Waals surface area contributed by atoms with Crippen LogP contribution in [0.1, 0.15) is 5.56 Å². The number of likely N-dealkylation sites (N-methyl/N-ethyl adjacent to an activating group) is 1. The van der Waals surface area contributed by atoms with Crippen molar-refractivity contribution in [1.82, 2.24) is 9.80 Å². The zero-order chi connectivity index (χ0) is 14.8. The molecule has 0 radical (unpaired) electrons. The average molecular weight is 279 g/mol. The van der Waals surface area contributed by atoms with Crippen molar-refractivity contribution < 1.29 is 9.53 Å². The molecule has 2 N–H and O–H groups in total. The molecule has 0 saturated carbocycles. The molecule has 112 valence electrons. The Bertz CT molecular complexity index is 382. The average Bonchev–Trinajstić information content (AvgIpc) is 2.44. The highest BCUT2D eigenvalue weighted by Gasteiger charge is 2.14. The van der Waals surface area contributed by atoms with Gasteiger partial charge >= 0.3 is 0 Å². The number of hydrogen-bond donors (Lipinski definition) is 1. The van der Waals surface area contributed by atoms with Crippen LogP contribution >= 0.6 is 0 Å². The molecule has 0 fully saturated rings. The van der Waals surface area contributed by atoms with E-state index in [9.17, 15) is 4.79 Å². The molecule has 0 aliphatic rings. The highest BCUT2D eigenvalue weighted by atomic mass is 16.5. The molecule has 0 heterocycles. The van der Waals surface area contributed by atoms with Gasteiger partial charge in [-0.2, -0.15) is 0 Å². The maximum Gasteiger partial charge on any atom is 0.248 e. The molecule has 20 heavy (non-hydrogen) atoms. The third kappa shape index (κ3) is 6.65. The molecule has 0 bridgehead atoms. The predicted octanol–water partition coefficient (Wildman–Crippen LogP) is 0.552. The third-order valence-corrected chi connectivity index (χ3v) is 2.87. The minimum Gasteiger partial charge on any atom is -0.370 e. The molecule has 0 unspecified atom stereocenters. The van der Waals surface area contributed by atoms with Crippen molar-refractivity contribution in [2.75, 3.05) is 46.9 Å². The molecule has 1 aromatic rings. The maximum absolute atomic E-state index is 12.2. The Hall–Kier alpha value is -1.43. The number of ether oxygens (including phenoxy) is 1. The minimum atomic E-state index is 0.00385. The van der Waals surface area contributed by atoms with Gasteiger partial charge in [-0.3, -0.25) is 4.79 Å². The smallest absolute Gasteiger partial charge is 0.248 e. The maximum atomic E-state index is 12.2. The summed E-state index contributed by atoms with van der Waals surface area (Å²) in [5, 5.41) is 0. The predicted molar refractivity (Wildman–Crippen MR) is 80.3 cm³/mol. The number of carbonyl (C=O) groups is 1. The molecule has 1 aromatic carbocycles. The zero-order valence-corrected chi connectivity index (χ0v) is 12.4. The summed E-state index contributed by atoms with van der Waals surface area (Å²) in [6, 6.07) is 9.98. The van der Waals surface area contributed by atoms with E-state index in [0.717, 1.165) is 12.1 Å².